The molecule has 1 aliphatic rings. The lowest BCUT2D eigenvalue weighted by molar-refractivity contribution is 0.151. The Balaban J connectivity index is 2.35. The molecule has 0 aromatic heterocycles. The molecule has 0 saturated heterocycles. The van der Waals surface area contributed by atoms with Crippen molar-refractivity contribution in [2.24, 2.45) is 0 Å². The van der Waals surface area contributed by atoms with Crippen LogP contribution in [0.5, 0.6) is 0 Å². The van der Waals surface area contributed by atoms with Crippen LogP contribution >= 0.6 is 0 Å². The summed E-state index contributed by atoms with van der Waals surface area (Å²) in [6, 6.07) is 10.6. The maximum Gasteiger partial charge on any atom is 0.0597 e. The second-order valence-corrected chi connectivity index (χ2v) is 3.95. The van der Waals surface area contributed by atoms with E-state index in [9.17, 15) is 0 Å². The molecule has 0 bridgehead atoms. The lowest BCUT2D eigenvalue weighted by Gasteiger charge is -2.31. The Morgan fingerprint density at radius 2 is 2.00 bits per heavy atom. The minimum absolute atomic E-state index is 0.0325. The van der Waals surface area contributed by atoms with Crippen LogP contribution in [-0.4, -0.2) is 13.7 Å². The summed E-state index contributed by atoms with van der Waals surface area (Å²) in [6.45, 7) is 0.734. The van der Waals surface area contributed by atoms with Gasteiger partial charge in [-0.25, -0.2) is 0 Å². The number of rotatable bonds is 3. The Hall–Kier alpha value is -1.34. The smallest absolute Gasteiger partial charge is 0.0597 e. The van der Waals surface area contributed by atoms with Gasteiger partial charge in [0, 0.05) is 12.5 Å². The zero-order valence-corrected chi connectivity index (χ0v) is 9.02. The van der Waals surface area contributed by atoms with Crippen LogP contribution in [0.25, 0.3) is 0 Å². The number of methoxy groups -OCH3 is 1. The van der Waals surface area contributed by atoms with Crippen LogP contribution < -0.4 is 0 Å². The summed E-state index contributed by atoms with van der Waals surface area (Å²) in [7, 11) is 1.76. The summed E-state index contributed by atoms with van der Waals surface area (Å²) < 4.78 is 5.35. The van der Waals surface area contributed by atoms with Crippen molar-refractivity contribution in [3.8, 4) is 0 Å². The van der Waals surface area contributed by atoms with Gasteiger partial charge in [-0.05, 0) is 12.0 Å². The second kappa shape index (κ2) is 4.45. The molecular weight excluding hydrogens is 184 g/mol. The summed E-state index contributed by atoms with van der Waals surface area (Å²) >= 11 is 0. The number of ether oxygens (including phenoxy) is 1. The van der Waals surface area contributed by atoms with E-state index in [0.29, 0.717) is 0 Å². The normalized spacial score (nSPS) is 24.3. The molecule has 78 valence electrons. The van der Waals surface area contributed by atoms with Crippen LogP contribution in [0.2, 0.25) is 0 Å². The van der Waals surface area contributed by atoms with Gasteiger partial charge in [-0.2, -0.15) is 0 Å². The predicted molar refractivity (Wildman–Crippen MR) is 62.9 cm³/mol. The first-order chi connectivity index (χ1) is 7.37. The van der Waals surface area contributed by atoms with E-state index >= 15 is 0 Å². The molecule has 1 nitrogen and oxygen atoms in total. The molecule has 0 amide bonds. The quantitative estimate of drug-likeness (QED) is 0.728. The van der Waals surface area contributed by atoms with Crippen molar-refractivity contribution in [3.05, 3.63) is 60.2 Å². The topological polar surface area (TPSA) is 9.23 Å². The Kier molecular flexibility index (Phi) is 3.02. The molecule has 1 heteroatoms. The van der Waals surface area contributed by atoms with E-state index in [0.717, 1.165) is 13.0 Å². The highest BCUT2D eigenvalue weighted by Gasteiger charge is 2.28. The minimum Gasteiger partial charge on any atom is -0.383 e. The first kappa shape index (κ1) is 10.2. The first-order valence-electron chi connectivity index (χ1n) is 5.26. The summed E-state index contributed by atoms with van der Waals surface area (Å²) in [4.78, 5) is 0. The van der Waals surface area contributed by atoms with Crippen LogP contribution in [-0.2, 0) is 10.2 Å². The van der Waals surface area contributed by atoms with E-state index in [2.05, 4.69) is 48.6 Å². The van der Waals surface area contributed by atoms with Gasteiger partial charge < -0.3 is 4.74 Å². The van der Waals surface area contributed by atoms with E-state index in [1.807, 2.05) is 6.07 Å². The lowest BCUT2D eigenvalue weighted by atomic mass is 9.76. The molecule has 0 saturated carbocycles. The first-order valence-corrected chi connectivity index (χ1v) is 5.26. The monoisotopic (exact) mass is 200 g/mol. The van der Waals surface area contributed by atoms with Crippen molar-refractivity contribution in [2.45, 2.75) is 11.8 Å². The van der Waals surface area contributed by atoms with Gasteiger partial charge in [-0.3, -0.25) is 0 Å². The molecule has 0 N–H and O–H groups in total. The molecule has 1 aromatic rings. The number of hydrogen-bond donors (Lipinski definition) is 0. The molecule has 2 rings (SSSR count). The van der Waals surface area contributed by atoms with Crippen molar-refractivity contribution in [1.29, 1.82) is 0 Å². The summed E-state index contributed by atoms with van der Waals surface area (Å²) in [6.07, 6.45) is 9.66. The molecule has 1 atom stereocenters. The fourth-order valence-corrected chi connectivity index (χ4v) is 2.10. The van der Waals surface area contributed by atoms with Gasteiger partial charge in [-0.15, -0.1) is 0 Å². The molecule has 1 aromatic carbocycles. The van der Waals surface area contributed by atoms with E-state index in [1.54, 1.807) is 7.11 Å². The predicted octanol–water partition coefficient (Wildman–Crippen LogP) is 3.09. The SMILES string of the molecule is COCC1(c2ccccc2)C=CC=CC1. The lowest BCUT2D eigenvalue weighted by Crippen LogP contribution is -2.29. The molecule has 0 heterocycles. The minimum atomic E-state index is 0.0325. The van der Waals surface area contributed by atoms with E-state index in [4.69, 9.17) is 4.74 Å². The van der Waals surface area contributed by atoms with E-state index in [-0.39, 0.29) is 5.41 Å². The summed E-state index contributed by atoms with van der Waals surface area (Å²) in [5, 5.41) is 0. The van der Waals surface area contributed by atoms with Crippen molar-refractivity contribution < 1.29 is 4.74 Å². The Morgan fingerprint density at radius 3 is 2.60 bits per heavy atom. The average molecular weight is 200 g/mol. The third-order valence-electron chi connectivity index (χ3n) is 2.90. The average Bonchev–Trinajstić information content (AvgIpc) is 2.32. The van der Waals surface area contributed by atoms with Crippen LogP contribution in [0.4, 0.5) is 0 Å². The van der Waals surface area contributed by atoms with Crippen molar-refractivity contribution in [1.82, 2.24) is 0 Å². The van der Waals surface area contributed by atoms with E-state index in [1.165, 1.54) is 5.56 Å². The summed E-state index contributed by atoms with van der Waals surface area (Å²) in [5.41, 5.74) is 1.36. The second-order valence-electron chi connectivity index (χ2n) is 3.95. The van der Waals surface area contributed by atoms with Crippen molar-refractivity contribution in [3.63, 3.8) is 0 Å². The number of hydrogen-bond acceptors (Lipinski definition) is 1. The highest BCUT2D eigenvalue weighted by molar-refractivity contribution is 5.35. The maximum atomic E-state index is 5.35. The maximum absolute atomic E-state index is 5.35. The number of allylic oxidation sites excluding steroid dienone is 3. The number of benzene rings is 1. The van der Waals surface area contributed by atoms with Crippen LogP contribution in [0.1, 0.15) is 12.0 Å². The molecule has 1 aliphatic carbocycles. The Bertz CT molecular complexity index is 364. The van der Waals surface area contributed by atoms with Gasteiger partial charge >= 0.3 is 0 Å². The van der Waals surface area contributed by atoms with Gasteiger partial charge in [0.25, 0.3) is 0 Å². The molecular formula is C14H16O. The highest BCUT2D eigenvalue weighted by atomic mass is 16.5. The fourth-order valence-electron chi connectivity index (χ4n) is 2.10. The highest BCUT2D eigenvalue weighted by Crippen LogP contribution is 2.32. The fraction of sp³-hybridized carbons (Fsp3) is 0.286. The Morgan fingerprint density at radius 1 is 1.20 bits per heavy atom. The van der Waals surface area contributed by atoms with Crippen molar-refractivity contribution in [2.75, 3.05) is 13.7 Å². The van der Waals surface area contributed by atoms with Gasteiger partial charge in [0.1, 0.15) is 0 Å². The van der Waals surface area contributed by atoms with Gasteiger partial charge in [-0.1, -0.05) is 54.6 Å². The van der Waals surface area contributed by atoms with Crippen LogP contribution in [0.15, 0.2) is 54.6 Å². The largest absolute Gasteiger partial charge is 0.383 e. The van der Waals surface area contributed by atoms with E-state index < -0.39 is 0 Å². The molecule has 15 heavy (non-hydrogen) atoms. The van der Waals surface area contributed by atoms with Gasteiger partial charge in [0.15, 0.2) is 0 Å². The summed E-state index contributed by atoms with van der Waals surface area (Å²) in [5.74, 6) is 0. The molecule has 0 fully saturated rings. The third-order valence-corrected chi connectivity index (χ3v) is 2.90. The zero-order valence-electron chi connectivity index (χ0n) is 9.02. The molecule has 0 aliphatic heterocycles. The third kappa shape index (κ3) is 2.02. The molecule has 0 radical (unpaired) electrons. The van der Waals surface area contributed by atoms with Gasteiger partial charge in [0.05, 0.1) is 6.61 Å². The Labute approximate surface area is 91.1 Å². The van der Waals surface area contributed by atoms with Crippen molar-refractivity contribution >= 4 is 0 Å². The molecule has 1 unspecified atom stereocenters. The zero-order chi connectivity index (χ0) is 10.6. The van der Waals surface area contributed by atoms with Gasteiger partial charge in [0.2, 0.25) is 0 Å². The van der Waals surface area contributed by atoms with Crippen LogP contribution in [0, 0.1) is 0 Å². The standard InChI is InChI=1S/C14H16O/c1-15-12-14(10-6-3-7-11-14)13-8-4-2-5-9-13/h2-10H,11-12H2,1H3. The van der Waals surface area contributed by atoms with Crippen LogP contribution in [0.3, 0.4) is 0 Å². The molecule has 0 spiro atoms.